The largest absolute Gasteiger partial charge is 0.748 e. The van der Waals surface area contributed by atoms with Gasteiger partial charge < -0.3 is 13.9 Å². The average molecular weight is 358 g/mol. The topological polar surface area (TPSA) is 74.8 Å². The van der Waals surface area contributed by atoms with Crippen molar-refractivity contribution in [2.24, 2.45) is 0 Å². The summed E-state index contributed by atoms with van der Waals surface area (Å²) < 4.78 is 37.5. The molecule has 0 aliphatic heterocycles. The molecular formula is C16H20ClNO4S. The number of hydrogen-bond donors (Lipinski definition) is 1. The average Bonchev–Trinajstić information content (AvgIpc) is 2.92. The molecule has 0 bridgehead atoms. The van der Waals surface area contributed by atoms with Crippen molar-refractivity contribution in [3.63, 3.8) is 0 Å². The van der Waals surface area contributed by atoms with E-state index in [4.69, 9.17) is 16.0 Å². The predicted molar refractivity (Wildman–Crippen MR) is 88.4 cm³/mol. The number of nitrogens with one attached hydrogen (secondary N) is 1. The van der Waals surface area contributed by atoms with Crippen molar-refractivity contribution in [3.8, 4) is 11.3 Å². The van der Waals surface area contributed by atoms with E-state index in [-0.39, 0.29) is 5.75 Å². The van der Waals surface area contributed by atoms with Gasteiger partial charge in [0.15, 0.2) is 5.76 Å². The zero-order chi connectivity index (χ0) is 16.9. The van der Waals surface area contributed by atoms with Crippen LogP contribution in [-0.2, 0) is 16.7 Å². The van der Waals surface area contributed by atoms with Gasteiger partial charge in [0.25, 0.3) is 0 Å². The van der Waals surface area contributed by atoms with Crippen LogP contribution in [0.15, 0.2) is 40.8 Å². The summed E-state index contributed by atoms with van der Waals surface area (Å²) in [5.74, 6) is 1.37. The number of hydrogen-bond acceptors (Lipinski definition) is 4. The summed E-state index contributed by atoms with van der Waals surface area (Å²) in [4.78, 5) is 1.20. The van der Waals surface area contributed by atoms with E-state index in [1.807, 2.05) is 43.4 Å². The molecule has 23 heavy (non-hydrogen) atoms. The molecule has 1 heterocycles. The van der Waals surface area contributed by atoms with Crippen molar-refractivity contribution in [2.75, 3.05) is 19.3 Å². The molecule has 0 saturated heterocycles. The molecule has 0 amide bonds. The maximum atomic E-state index is 10.5. The van der Waals surface area contributed by atoms with E-state index in [2.05, 4.69) is 0 Å². The number of rotatable bonds is 8. The van der Waals surface area contributed by atoms with Crippen molar-refractivity contribution >= 4 is 21.7 Å². The second kappa shape index (κ2) is 7.97. The van der Waals surface area contributed by atoms with Crippen LogP contribution in [0.25, 0.3) is 11.3 Å². The Kier molecular flexibility index (Phi) is 6.24. The van der Waals surface area contributed by atoms with Crippen LogP contribution in [0, 0.1) is 0 Å². The van der Waals surface area contributed by atoms with E-state index in [0.717, 1.165) is 23.6 Å². The van der Waals surface area contributed by atoms with Gasteiger partial charge >= 0.3 is 0 Å². The molecule has 0 fully saturated rings. The molecular weight excluding hydrogens is 338 g/mol. The molecule has 0 spiro atoms. The van der Waals surface area contributed by atoms with E-state index in [0.29, 0.717) is 24.4 Å². The van der Waals surface area contributed by atoms with Crippen LogP contribution in [0.2, 0.25) is 5.02 Å². The number of benzene rings is 1. The first-order chi connectivity index (χ1) is 10.8. The summed E-state index contributed by atoms with van der Waals surface area (Å²) in [5.41, 5.74) is 0.971. The van der Waals surface area contributed by atoms with E-state index in [1.54, 1.807) is 0 Å². The van der Waals surface area contributed by atoms with Crippen LogP contribution in [-0.4, -0.2) is 32.3 Å². The summed E-state index contributed by atoms with van der Waals surface area (Å²) >= 11 is 5.87. The molecule has 2 aromatic rings. The predicted octanol–water partition coefficient (Wildman–Crippen LogP) is 1.94. The van der Waals surface area contributed by atoms with Crippen LogP contribution in [0.3, 0.4) is 0 Å². The smallest absolute Gasteiger partial charge is 0.158 e. The lowest BCUT2D eigenvalue weighted by atomic mass is 10.2. The molecule has 0 aliphatic rings. The van der Waals surface area contributed by atoms with E-state index >= 15 is 0 Å². The van der Waals surface area contributed by atoms with Gasteiger partial charge in [0.05, 0.1) is 23.7 Å². The van der Waals surface area contributed by atoms with Crippen molar-refractivity contribution in [2.45, 2.75) is 19.4 Å². The fourth-order valence-electron chi connectivity index (χ4n) is 2.33. The third-order valence-electron chi connectivity index (χ3n) is 3.51. The quantitative estimate of drug-likeness (QED) is 0.578. The second-order valence-corrected chi connectivity index (χ2v) is 7.59. The lowest BCUT2D eigenvalue weighted by Crippen LogP contribution is -3.07. The summed E-state index contributed by atoms with van der Waals surface area (Å²) in [6, 6.07) is 11.3. The SMILES string of the molecule is C[NH+](CCCCS(=O)(=O)[O-])Cc1ccc(-c2ccc(Cl)cc2)o1. The van der Waals surface area contributed by atoms with Gasteiger partial charge in [-0.1, -0.05) is 11.6 Å². The molecule has 1 unspecified atom stereocenters. The normalized spacial score (nSPS) is 13.2. The molecule has 126 valence electrons. The maximum Gasteiger partial charge on any atom is 0.158 e. The Balaban J connectivity index is 1.83. The molecule has 0 saturated carbocycles. The number of halogens is 1. The van der Waals surface area contributed by atoms with Gasteiger partial charge in [0.2, 0.25) is 0 Å². The molecule has 0 radical (unpaired) electrons. The van der Waals surface area contributed by atoms with Gasteiger partial charge in [-0.2, -0.15) is 0 Å². The Morgan fingerprint density at radius 3 is 2.48 bits per heavy atom. The summed E-state index contributed by atoms with van der Waals surface area (Å²) in [6.45, 7) is 1.49. The summed E-state index contributed by atoms with van der Waals surface area (Å²) in [6.07, 6.45) is 1.09. The molecule has 0 aliphatic carbocycles. The van der Waals surface area contributed by atoms with Gasteiger partial charge in [-0.25, -0.2) is 8.42 Å². The first-order valence-corrected chi connectivity index (χ1v) is 9.38. The zero-order valence-corrected chi connectivity index (χ0v) is 14.5. The van der Waals surface area contributed by atoms with Gasteiger partial charge in [-0.15, -0.1) is 0 Å². The van der Waals surface area contributed by atoms with Crippen LogP contribution in [0.5, 0.6) is 0 Å². The minimum absolute atomic E-state index is 0.290. The van der Waals surface area contributed by atoms with E-state index in [9.17, 15) is 13.0 Å². The van der Waals surface area contributed by atoms with Gasteiger partial charge in [-0.3, -0.25) is 0 Å². The molecule has 1 atom stereocenters. The molecule has 2 rings (SSSR count). The molecule has 1 aromatic carbocycles. The van der Waals surface area contributed by atoms with Gasteiger partial charge in [0.1, 0.15) is 12.3 Å². The maximum absolute atomic E-state index is 10.5. The van der Waals surface area contributed by atoms with Crippen molar-refractivity contribution in [1.29, 1.82) is 0 Å². The number of furan rings is 1. The Labute approximate surface area is 141 Å². The van der Waals surface area contributed by atoms with Crippen molar-refractivity contribution < 1.29 is 22.3 Å². The van der Waals surface area contributed by atoms with Crippen LogP contribution in [0.4, 0.5) is 0 Å². The molecule has 7 heteroatoms. The Bertz CT molecular complexity index is 725. The first kappa shape index (κ1) is 18.0. The zero-order valence-electron chi connectivity index (χ0n) is 12.9. The third kappa shape index (κ3) is 6.35. The molecule has 1 aromatic heterocycles. The lowest BCUT2D eigenvalue weighted by molar-refractivity contribution is -0.894. The molecule has 5 nitrogen and oxygen atoms in total. The fraction of sp³-hybridized carbons (Fsp3) is 0.375. The minimum Gasteiger partial charge on any atom is -0.748 e. The third-order valence-corrected chi connectivity index (χ3v) is 4.55. The molecule has 1 N–H and O–H groups in total. The van der Waals surface area contributed by atoms with Crippen molar-refractivity contribution in [1.82, 2.24) is 0 Å². The summed E-state index contributed by atoms with van der Waals surface area (Å²) in [5, 5.41) is 0.685. The fourth-order valence-corrected chi connectivity index (χ4v) is 3.02. The van der Waals surface area contributed by atoms with Crippen LogP contribution in [0.1, 0.15) is 18.6 Å². The highest BCUT2D eigenvalue weighted by Crippen LogP contribution is 2.23. The minimum atomic E-state index is -4.10. The van der Waals surface area contributed by atoms with Crippen LogP contribution < -0.4 is 4.90 Å². The lowest BCUT2D eigenvalue weighted by Gasteiger charge is -2.13. The highest BCUT2D eigenvalue weighted by Gasteiger charge is 2.10. The second-order valence-electron chi connectivity index (χ2n) is 5.63. The highest BCUT2D eigenvalue weighted by atomic mass is 35.5. The first-order valence-electron chi connectivity index (χ1n) is 7.43. The Morgan fingerprint density at radius 1 is 1.13 bits per heavy atom. The van der Waals surface area contributed by atoms with Gasteiger partial charge in [0, 0.05) is 16.3 Å². The number of quaternary nitrogens is 1. The van der Waals surface area contributed by atoms with E-state index < -0.39 is 10.1 Å². The number of unbranched alkanes of at least 4 members (excludes halogenated alkanes) is 1. The Morgan fingerprint density at radius 2 is 1.83 bits per heavy atom. The van der Waals surface area contributed by atoms with Crippen molar-refractivity contribution in [3.05, 3.63) is 47.2 Å². The summed E-state index contributed by atoms with van der Waals surface area (Å²) in [7, 11) is -2.09. The highest BCUT2D eigenvalue weighted by molar-refractivity contribution is 7.85. The van der Waals surface area contributed by atoms with Crippen LogP contribution >= 0.6 is 11.6 Å². The Hall–Kier alpha value is -1.34. The van der Waals surface area contributed by atoms with Gasteiger partial charge in [-0.05, 0) is 49.2 Å². The van der Waals surface area contributed by atoms with E-state index in [1.165, 1.54) is 4.90 Å². The standard InChI is InChI=1S/C16H20ClNO4S/c1-18(10-2-3-11-23(19,20)21)12-15-8-9-16(22-15)13-4-6-14(17)7-5-13/h4-9H,2-3,10-12H2,1H3,(H,19,20,21). The monoisotopic (exact) mass is 357 g/mol.